The van der Waals surface area contributed by atoms with E-state index < -0.39 is 11.9 Å². The number of nitrogens with two attached hydrogens (primary N) is 1. The van der Waals surface area contributed by atoms with Crippen molar-refractivity contribution in [3.63, 3.8) is 0 Å². The molecular weight excluding hydrogens is 391 g/mol. The molecule has 6 nitrogen and oxygen atoms in total. The van der Waals surface area contributed by atoms with Crippen molar-refractivity contribution < 1.29 is 17.9 Å². The molecule has 0 unspecified atom stereocenters. The highest BCUT2D eigenvalue weighted by molar-refractivity contribution is 7.95. The number of benzene rings is 1. The summed E-state index contributed by atoms with van der Waals surface area (Å²) in [5.41, 5.74) is 1.41. The second kappa shape index (κ2) is 8.63. The average Bonchev–Trinajstić information content (AvgIpc) is 3.15. The lowest BCUT2D eigenvalue weighted by Gasteiger charge is -2.09. The van der Waals surface area contributed by atoms with Crippen molar-refractivity contribution in [2.45, 2.75) is 12.6 Å². The first-order chi connectivity index (χ1) is 13.4. The van der Waals surface area contributed by atoms with E-state index in [1.807, 2.05) is 12.1 Å². The molecule has 0 atom stereocenters. The molecule has 0 fully saturated rings. The number of hydrogen-bond donors (Lipinski definition) is 2. The molecule has 1 aromatic carbocycles. The first-order valence-electron chi connectivity index (χ1n) is 8.28. The van der Waals surface area contributed by atoms with E-state index >= 15 is 0 Å². The predicted molar refractivity (Wildman–Crippen MR) is 102 cm³/mol. The zero-order valence-electron chi connectivity index (χ0n) is 14.9. The van der Waals surface area contributed by atoms with E-state index in [1.165, 1.54) is 18.0 Å². The monoisotopic (exact) mass is 409 g/mol. The van der Waals surface area contributed by atoms with Gasteiger partial charge in [0, 0.05) is 30.3 Å². The number of nitrogens with one attached hydrogen (secondary N) is 1. The highest BCUT2D eigenvalue weighted by Crippen LogP contribution is 2.33. The van der Waals surface area contributed by atoms with Gasteiger partial charge in [0.15, 0.2) is 5.69 Å². The van der Waals surface area contributed by atoms with E-state index in [-0.39, 0.29) is 0 Å². The second-order valence-corrected chi connectivity index (χ2v) is 6.37. The highest BCUT2D eigenvalue weighted by Gasteiger charge is 2.35. The summed E-state index contributed by atoms with van der Waals surface area (Å²) in [4.78, 5) is 4.05. The second-order valence-electron chi connectivity index (χ2n) is 5.84. The van der Waals surface area contributed by atoms with Crippen LogP contribution in [0.2, 0.25) is 0 Å². The SMILES string of the molecule is COc1ccc(-n2nc(C(F)(F)F)cc2-c2ccc(CCNSN)cc2)cn1. The molecule has 0 bridgehead atoms. The van der Waals surface area contributed by atoms with Gasteiger partial charge in [0.25, 0.3) is 0 Å². The zero-order chi connectivity index (χ0) is 20.1. The number of halogens is 3. The molecule has 2 heterocycles. The van der Waals surface area contributed by atoms with Crippen LogP contribution in [0.25, 0.3) is 16.9 Å². The molecule has 0 saturated heterocycles. The van der Waals surface area contributed by atoms with Gasteiger partial charge in [0.05, 0.1) is 24.7 Å². The van der Waals surface area contributed by atoms with Crippen LogP contribution in [0, 0.1) is 0 Å². The van der Waals surface area contributed by atoms with Crippen molar-refractivity contribution in [1.29, 1.82) is 0 Å². The molecule has 0 spiro atoms. The lowest BCUT2D eigenvalue weighted by Crippen LogP contribution is -2.10. The molecule has 148 valence electrons. The lowest BCUT2D eigenvalue weighted by atomic mass is 10.1. The largest absolute Gasteiger partial charge is 0.481 e. The van der Waals surface area contributed by atoms with Crippen LogP contribution >= 0.6 is 12.1 Å². The van der Waals surface area contributed by atoms with Crippen LogP contribution in [0.5, 0.6) is 5.88 Å². The topological polar surface area (TPSA) is 78.0 Å². The minimum absolute atomic E-state index is 0.321. The van der Waals surface area contributed by atoms with Crippen molar-refractivity contribution in [2.75, 3.05) is 13.7 Å². The molecule has 0 aliphatic rings. The summed E-state index contributed by atoms with van der Waals surface area (Å²) in [6.45, 7) is 0.689. The Balaban J connectivity index is 1.97. The van der Waals surface area contributed by atoms with Crippen molar-refractivity contribution in [3.8, 4) is 22.8 Å². The highest BCUT2D eigenvalue weighted by atomic mass is 32.2. The Labute approximate surface area is 164 Å². The fourth-order valence-electron chi connectivity index (χ4n) is 2.64. The van der Waals surface area contributed by atoms with E-state index in [9.17, 15) is 13.2 Å². The molecule has 0 saturated carbocycles. The summed E-state index contributed by atoms with van der Waals surface area (Å²) < 4.78 is 48.9. The number of methoxy groups -OCH3 is 1. The average molecular weight is 409 g/mol. The fraction of sp³-hybridized carbons (Fsp3) is 0.222. The van der Waals surface area contributed by atoms with Crippen molar-refractivity contribution in [3.05, 3.63) is 59.9 Å². The number of pyridine rings is 1. The summed E-state index contributed by atoms with van der Waals surface area (Å²) >= 11 is 1.05. The summed E-state index contributed by atoms with van der Waals surface area (Å²) in [5.74, 6) is 0.363. The van der Waals surface area contributed by atoms with E-state index in [0.717, 1.165) is 30.2 Å². The Hall–Kier alpha value is -2.56. The number of aromatic nitrogens is 3. The van der Waals surface area contributed by atoms with Crippen molar-refractivity contribution in [1.82, 2.24) is 19.5 Å². The normalized spacial score (nSPS) is 11.6. The predicted octanol–water partition coefficient (Wildman–Crippen LogP) is 3.62. The Morgan fingerprint density at radius 2 is 1.93 bits per heavy atom. The van der Waals surface area contributed by atoms with Gasteiger partial charge in [-0.05, 0) is 24.1 Å². The number of alkyl halides is 3. The van der Waals surface area contributed by atoms with Gasteiger partial charge >= 0.3 is 6.18 Å². The molecule has 2 aromatic heterocycles. The third-order valence-electron chi connectivity index (χ3n) is 4.02. The first kappa shape index (κ1) is 20.2. The molecule has 3 N–H and O–H groups in total. The number of rotatable bonds is 7. The summed E-state index contributed by atoms with van der Waals surface area (Å²) in [7, 11) is 1.46. The number of hydrogen-bond acceptors (Lipinski definition) is 6. The number of ether oxygens (including phenoxy) is 1. The minimum atomic E-state index is -4.55. The fourth-order valence-corrected chi connectivity index (χ4v) is 2.86. The van der Waals surface area contributed by atoms with E-state index in [2.05, 4.69) is 14.8 Å². The van der Waals surface area contributed by atoms with Crippen LogP contribution in [-0.4, -0.2) is 28.4 Å². The van der Waals surface area contributed by atoms with Gasteiger partial charge in [-0.25, -0.2) is 9.67 Å². The van der Waals surface area contributed by atoms with Gasteiger partial charge in [-0.15, -0.1) is 0 Å². The quantitative estimate of drug-likeness (QED) is 0.459. The molecular formula is C18H18F3N5OS. The first-order valence-corrected chi connectivity index (χ1v) is 9.16. The zero-order valence-corrected chi connectivity index (χ0v) is 15.7. The molecule has 10 heteroatoms. The molecule has 3 rings (SSSR count). The maximum Gasteiger partial charge on any atom is 0.435 e. The molecule has 28 heavy (non-hydrogen) atoms. The molecule has 0 aliphatic heterocycles. The van der Waals surface area contributed by atoms with Gasteiger partial charge in [-0.1, -0.05) is 24.3 Å². The maximum absolute atomic E-state index is 13.2. The summed E-state index contributed by atoms with van der Waals surface area (Å²) in [5, 5.41) is 9.06. The van der Waals surface area contributed by atoms with E-state index in [4.69, 9.17) is 9.88 Å². The van der Waals surface area contributed by atoms with Crippen LogP contribution < -0.4 is 14.6 Å². The standard InChI is InChI=1S/C18H18F3N5OS/c1-27-17-7-6-14(11-23-17)26-15(10-16(25-26)18(19,20)21)13-4-2-12(3-5-13)8-9-24-28-22/h2-7,10-11,24H,8-9,22H2,1H3. The molecule has 0 aliphatic carbocycles. The van der Waals surface area contributed by atoms with Crippen LogP contribution in [0.1, 0.15) is 11.3 Å². The molecule has 0 amide bonds. The van der Waals surface area contributed by atoms with Gasteiger partial charge < -0.3 is 4.74 Å². The van der Waals surface area contributed by atoms with Gasteiger partial charge in [0.2, 0.25) is 5.88 Å². The molecule has 3 aromatic rings. The lowest BCUT2D eigenvalue weighted by molar-refractivity contribution is -0.141. The summed E-state index contributed by atoms with van der Waals surface area (Å²) in [6, 6.07) is 11.5. The van der Waals surface area contributed by atoms with Crippen molar-refractivity contribution in [2.24, 2.45) is 5.14 Å². The third kappa shape index (κ3) is 4.64. The summed E-state index contributed by atoms with van der Waals surface area (Å²) in [6.07, 6.45) is -2.38. The third-order valence-corrected chi connectivity index (χ3v) is 4.39. The maximum atomic E-state index is 13.2. The van der Waals surface area contributed by atoms with Crippen molar-refractivity contribution >= 4 is 12.1 Å². The number of nitrogens with zero attached hydrogens (tertiary/aromatic N) is 3. The molecule has 0 radical (unpaired) electrons. The van der Waals surface area contributed by atoms with Gasteiger partial charge in [0.1, 0.15) is 0 Å². The van der Waals surface area contributed by atoms with E-state index in [1.54, 1.807) is 24.3 Å². The Bertz CT molecular complexity index is 910. The van der Waals surface area contributed by atoms with Crippen LogP contribution in [0.15, 0.2) is 48.7 Å². The Kier molecular flexibility index (Phi) is 6.22. The van der Waals surface area contributed by atoms with Gasteiger partial charge in [-0.3, -0.25) is 9.86 Å². The Morgan fingerprint density at radius 1 is 1.18 bits per heavy atom. The Morgan fingerprint density at radius 3 is 2.50 bits per heavy atom. The van der Waals surface area contributed by atoms with E-state index in [0.29, 0.717) is 29.4 Å². The van der Waals surface area contributed by atoms with Crippen LogP contribution in [0.4, 0.5) is 13.2 Å². The van der Waals surface area contributed by atoms with Crippen LogP contribution in [0.3, 0.4) is 0 Å². The minimum Gasteiger partial charge on any atom is -0.481 e. The van der Waals surface area contributed by atoms with Crippen LogP contribution in [-0.2, 0) is 12.6 Å². The smallest absolute Gasteiger partial charge is 0.435 e. The van der Waals surface area contributed by atoms with Gasteiger partial charge in [-0.2, -0.15) is 18.3 Å².